The topological polar surface area (TPSA) is 29.5 Å². The van der Waals surface area contributed by atoms with Crippen LogP contribution in [0.25, 0.3) is 0 Å². The highest BCUT2D eigenvalue weighted by atomic mass is 16.5. The Morgan fingerprint density at radius 3 is 3.15 bits per heavy atom. The lowest BCUT2D eigenvalue weighted by atomic mass is 9.90. The Balaban J connectivity index is 2.10. The van der Waals surface area contributed by atoms with E-state index in [1.807, 2.05) is 4.90 Å². The molecule has 1 aliphatic heterocycles. The van der Waals surface area contributed by atoms with Gasteiger partial charge in [0.1, 0.15) is 0 Å². The molecule has 0 bridgehead atoms. The Kier molecular flexibility index (Phi) is 2.25. The summed E-state index contributed by atoms with van der Waals surface area (Å²) in [5, 5.41) is 0. The number of hydrogen-bond acceptors (Lipinski definition) is 2. The highest BCUT2D eigenvalue weighted by Gasteiger charge is 2.36. The number of ether oxygens (including phenoxy) is 1. The van der Waals surface area contributed by atoms with Crippen LogP contribution in [0.5, 0.6) is 0 Å². The molecule has 0 aromatic rings. The largest absolute Gasteiger partial charge is 0.453 e. The fraction of sp³-hybridized carbons (Fsp3) is 0.700. The van der Waals surface area contributed by atoms with Crippen LogP contribution in [0.4, 0.5) is 4.79 Å². The lowest BCUT2D eigenvalue weighted by molar-refractivity contribution is 0.121. The Bertz CT molecular complexity index is 237. The van der Waals surface area contributed by atoms with Gasteiger partial charge in [-0.15, -0.1) is 0 Å². The Hall–Kier alpha value is -0.990. The molecule has 0 spiro atoms. The average molecular weight is 181 g/mol. The normalized spacial score (nSPS) is 31.6. The molecule has 2 atom stereocenters. The maximum Gasteiger partial charge on any atom is 0.409 e. The number of allylic oxidation sites excluding steroid dienone is 1. The van der Waals surface area contributed by atoms with Gasteiger partial charge < -0.3 is 9.64 Å². The molecule has 0 aromatic carbocycles. The van der Waals surface area contributed by atoms with Crippen molar-refractivity contribution in [2.45, 2.75) is 25.3 Å². The van der Waals surface area contributed by atoms with Crippen LogP contribution < -0.4 is 0 Å². The van der Waals surface area contributed by atoms with Crippen LogP contribution in [0, 0.1) is 5.92 Å². The third-order valence-corrected chi connectivity index (χ3v) is 3.03. The zero-order valence-corrected chi connectivity index (χ0v) is 7.90. The molecule has 2 unspecified atom stereocenters. The van der Waals surface area contributed by atoms with Gasteiger partial charge in [0.25, 0.3) is 0 Å². The van der Waals surface area contributed by atoms with Crippen LogP contribution in [-0.4, -0.2) is 30.7 Å². The van der Waals surface area contributed by atoms with Crippen LogP contribution in [-0.2, 0) is 4.74 Å². The van der Waals surface area contributed by atoms with Crippen molar-refractivity contribution >= 4 is 6.09 Å². The standard InChI is InChI=1S/C10H15NO2/c1-13-10(12)11-7-6-8-4-2-3-5-9(8)11/h3,5,8-9H,2,4,6-7H2,1H3. The van der Waals surface area contributed by atoms with Crippen LogP contribution in [0.3, 0.4) is 0 Å². The monoisotopic (exact) mass is 181 g/mol. The predicted molar refractivity (Wildman–Crippen MR) is 49.4 cm³/mol. The van der Waals surface area contributed by atoms with E-state index in [1.165, 1.54) is 13.5 Å². The number of carbonyl (C=O) groups is 1. The van der Waals surface area contributed by atoms with Gasteiger partial charge >= 0.3 is 6.09 Å². The highest BCUT2D eigenvalue weighted by Crippen LogP contribution is 2.32. The smallest absolute Gasteiger partial charge is 0.409 e. The minimum absolute atomic E-state index is 0.181. The van der Waals surface area contributed by atoms with Crippen molar-refractivity contribution in [1.29, 1.82) is 0 Å². The first kappa shape index (κ1) is 8.60. The number of amides is 1. The second-order valence-electron chi connectivity index (χ2n) is 3.71. The van der Waals surface area contributed by atoms with Crippen molar-refractivity contribution < 1.29 is 9.53 Å². The first-order valence-electron chi connectivity index (χ1n) is 4.84. The van der Waals surface area contributed by atoms with Gasteiger partial charge in [-0.05, 0) is 25.2 Å². The Morgan fingerprint density at radius 1 is 1.54 bits per heavy atom. The van der Waals surface area contributed by atoms with Crippen molar-refractivity contribution in [3.8, 4) is 0 Å². The summed E-state index contributed by atoms with van der Waals surface area (Å²) in [6.07, 6.45) is 7.65. The molecule has 1 heterocycles. The molecule has 3 nitrogen and oxygen atoms in total. The Morgan fingerprint density at radius 2 is 2.38 bits per heavy atom. The Labute approximate surface area is 78.4 Å². The minimum Gasteiger partial charge on any atom is -0.453 e. The second kappa shape index (κ2) is 3.40. The molecule has 0 N–H and O–H groups in total. The number of fused-ring (bicyclic) bond motifs is 1. The summed E-state index contributed by atoms with van der Waals surface area (Å²) < 4.78 is 4.74. The second-order valence-corrected chi connectivity index (χ2v) is 3.71. The lowest BCUT2D eigenvalue weighted by Crippen LogP contribution is -2.37. The number of methoxy groups -OCH3 is 1. The molecule has 1 fully saturated rings. The van der Waals surface area contributed by atoms with E-state index in [0.29, 0.717) is 12.0 Å². The molecule has 0 saturated carbocycles. The van der Waals surface area contributed by atoms with E-state index in [9.17, 15) is 4.79 Å². The molecule has 72 valence electrons. The van der Waals surface area contributed by atoms with E-state index in [4.69, 9.17) is 4.74 Å². The predicted octanol–water partition coefficient (Wildman–Crippen LogP) is 1.79. The minimum atomic E-state index is -0.181. The zero-order chi connectivity index (χ0) is 9.26. The lowest BCUT2D eigenvalue weighted by Gasteiger charge is -2.26. The molecule has 3 heteroatoms. The molecule has 13 heavy (non-hydrogen) atoms. The molecule has 0 radical (unpaired) electrons. The first-order valence-corrected chi connectivity index (χ1v) is 4.84. The maximum atomic E-state index is 11.3. The quantitative estimate of drug-likeness (QED) is 0.533. The zero-order valence-electron chi connectivity index (χ0n) is 7.90. The van der Waals surface area contributed by atoms with Gasteiger partial charge in [-0.25, -0.2) is 4.79 Å². The number of carbonyl (C=O) groups excluding carboxylic acids is 1. The van der Waals surface area contributed by atoms with Gasteiger partial charge in [-0.2, -0.15) is 0 Å². The van der Waals surface area contributed by atoms with Gasteiger partial charge in [0.15, 0.2) is 0 Å². The van der Waals surface area contributed by atoms with Crippen LogP contribution in [0.15, 0.2) is 12.2 Å². The number of rotatable bonds is 0. The van der Waals surface area contributed by atoms with Gasteiger partial charge in [0.2, 0.25) is 0 Å². The fourth-order valence-electron chi connectivity index (χ4n) is 2.33. The van der Waals surface area contributed by atoms with Crippen molar-refractivity contribution in [3.05, 3.63) is 12.2 Å². The number of likely N-dealkylation sites (tertiary alicyclic amines) is 1. The summed E-state index contributed by atoms with van der Waals surface area (Å²) in [6, 6.07) is 0.307. The molecule has 1 aliphatic carbocycles. The van der Waals surface area contributed by atoms with Crippen LogP contribution in [0.1, 0.15) is 19.3 Å². The molecular weight excluding hydrogens is 166 g/mol. The molecule has 0 aromatic heterocycles. The SMILES string of the molecule is COC(=O)N1CCC2CCC=CC21. The molecule has 2 rings (SSSR count). The van der Waals surface area contributed by atoms with Crippen LogP contribution in [0.2, 0.25) is 0 Å². The number of nitrogens with zero attached hydrogens (tertiary/aromatic N) is 1. The number of hydrogen-bond donors (Lipinski definition) is 0. The van der Waals surface area contributed by atoms with Gasteiger partial charge in [0, 0.05) is 6.54 Å². The summed E-state index contributed by atoms with van der Waals surface area (Å²) in [6.45, 7) is 0.854. The van der Waals surface area contributed by atoms with E-state index < -0.39 is 0 Å². The van der Waals surface area contributed by atoms with E-state index in [2.05, 4.69) is 12.2 Å². The highest BCUT2D eigenvalue weighted by molar-refractivity contribution is 5.68. The average Bonchev–Trinajstić information content (AvgIpc) is 2.60. The molecule has 1 saturated heterocycles. The summed E-state index contributed by atoms with van der Waals surface area (Å²) in [4.78, 5) is 13.2. The first-order chi connectivity index (χ1) is 6.33. The summed E-state index contributed by atoms with van der Waals surface area (Å²) in [5.74, 6) is 0.670. The third kappa shape index (κ3) is 1.43. The van der Waals surface area contributed by atoms with Crippen molar-refractivity contribution in [2.75, 3.05) is 13.7 Å². The summed E-state index contributed by atoms with van der Waals surface area (Å²) in [7, 11) is 1.45. The summed E-state index contributed by atoms with van der Waals surface area (Å²) in [5.41, 5.74) is 0. The van der Waals surface area contributed by atoms with E-state index in [1.54, 1.807) is 0 Å². The van der Waals surface area contributed by atoms with Gasteiger partial charge in [-0.1, -0.05) is 12.2 Å². The van der Waals surface area contributed by atoms with Crippen molar-refractivity contribution in [2.24, 2.45) is 5.92 Å². The van der Waals surface area contributed by atoms with Crippen molar-refractivity contribution in [3.63, 3.8) is 0 Å². The third-order valence-electron chi connectivity index (χ3n) is 3.03. The van der Waals surface area contributed by atoms with Crippen molar-refractivity contribution in [1.82, 2.24) is 4.90 Å². The van der Waals surface area contributed by atoms with E-state index >= 15 is 0 Å². The molecular formula is C10H15NO2. The molecule has 2 aliphatic rings. The van der Waals surface area contributed by atoms with E-state index in [-0.39, 0.29) is 6.09 Å². The van der Waals surface area contributed by atoms with Gasteiger partial charge in [-0.3, -0.25) is 0 Å². The maximum absolute atomic E-state index is 11.3. The fourth-order valence-corrected chi connectivity index (χ4v) is 2.33. The van der Waals surface area contributed by atoms with E-state index in [0.717, 1.165) is 19.4 Å². The summed E-state index contributed by atoms with van der Waals surface area (Å²) >= 11 is 0. The molecule has 1 amide bonds. The van der Waals surface area contributed by atoms with Gasteiger partial charge in [0.05, 0.1) is 13.2 Å². The van der Waals surface area contributed by atoms with Crippen LogP contribution >= 0.6 is 0 Å².